The fourth-order valence-electron chi connectivity index (χ4n) is 1.59. The minimum atomic E-state index is 0.589. The van der Waals surface area contributed by atoms with Gasteiger partial charge >= 0.3 is 0 Å². The summed E-state index contributed by atoms with van der Waals surface area (Å²) in [5.41, 5.74) is 1.32. The zero-order valence-electron chi connectivity index (χ0n) is 10.6. The third-order valence-electron chi connectivity index (χ3n) is 2.50. The van der Waals surface area contributed by atoms with Gasteiger partial charge in [0, 0.05) is 5.75 Å². The fourth-order valence-corrected chi connectivity index (χ4v) is 2.68. The molecule has 0 N–H and O–H groups in total. The molecule has 1 unspecified atom stereocenters. The first kappa shape index (κ1) is 13.4. The van der Waals surface area contributed by atoms with E-state index in [1.807, 2.05) is 23.9 Å². The monoisotopic (exact) mass is 239 g/mol. The largest absolute Gasteiger partial charge is 0.497 e. The van der Waals surface area contributed by atoms with Crippen LogP contribution in [0.25, 0.3) is 0 Å². The van der Waals surface area contributed by atoms with Crippen LogP contribution in [0.1, 0.15) is 18.9 Å². The summed E-state index contributed by atoms with van der Waals surface area (Å²) in [6.45, 7) is 2.23. The van der Waals surface area contributed by atoms with E-state index in [0.717, 1.165) is 11.5 Å². The van der Waals surface area contributed by atoms with Crippen molar-refractivity contribution in [3.63, 3.8) is 0 Å². The number of hydrogen-bond donors (Lipinski definition) is 0. The third kappa shape index (κ3) is 4.06. The lowest BCUT2D eigenvalue weighted by atomic mass is 10.2. The molecule has 1 atom stereocenters. The second-order valence-electron chi connectivity index (χ2n) is 3.99. The van der Waals surface area contributed by atoms with Gasteiger partial charge in [-0.1, -0.05) is 19.1 Å². The molecular weight excluding hydrogens is 218 g/mol. The lowest BCUT2D eigenvalue weighted by Gasteiger charge is -2.22. The minimum Gasteiger partial charge on any atom is -0.497 e. The fraction of sp³-hybridized carbons (Fsp3) is 0.538. The smallest absolute Gasteiger partial charge is 0.119 e. The standard InChI is InChI=1S/C13H21NOS/c1-5-13(14(2)3)16-10-11-7-6-8-12(9-11)15-4/h6-9,13H,5,10H2,1-4H3. The molecule has 3 heteroatoms. The van der Waals surface area contributed by atoms with Gasteiger partial charge < -0.3 is 4.74 Å². The highest BCUT2D eigenvalue weighted by Gasteiger charge is 2.09. The number of benzene rings is 1. The summed E-state index contributed by atoms with van der Waals surface area (Å²) in [6, 6.07) is 8.29. The van der Waals surface area contributed by atoms with Crippen LogP contribution < -0.4 is 4.74 Å². The van der Waals surface area contributed by atoms with Gasteiger partial charge in [0.1, 0.15) is 5.75 Å². The van der Waals surface area contributed by atoms with Crippen molar-refractivity contribution < 1.29 is 4.74 Å². The summed E-state index contributed by atoms with van der Waals surface area (Å²) in [5, 5.41) is 0.589. The molecule has 0 spiro atoms. The van der Waals surface area contributed by atoms with E-state index in [1.54, 1.807) is 7.11 Å². The molecule has 2 nitrogen and oxygen atoms in total. The number of hydrogen-bond acceptors (Lipinski definition) is 3. The molecule has 0 amide bonds. The summed E-state index contributed by atoms with van der Waals surface area (Å²) in [5.74, 6) is 1.98. The molecule has 0 fully saturated rings. The maximum absolute atomic E-state index is 5.22. The molecular formula is C13H21NOS. The van der Waals surface area contributed by atoms with Crippen LogP contribution >= 0.6 is 11.8 Å². The lowest BCUT2D eigenvalue weighted by Crippen LogP contribution is -2.23. The summed E-state index contributed by atoms with van der Waals surface area (Å²) in [4.78, 5) is 2.27. The molecule has 0 aliphatic rings. The lowest BCUT2D eigenvalue weighted by molar-refractivity contribution is 0.375. The van der Waals surface area contributed by atoms with Crippen LogP contribution in [0.15, 0.2) is 24.3 Å². The van der Waals surface area contributed by atoms with E-state index in [4.69, 9.17) is 4.74 Å². The Morgan fingerprint density at radius 3 is 2.69 bits per heavy atom. The van der Waals surface area contributed by atoms with Gasteiger partial charge in [0.05, 0.1) is 12.5 Å². The predicted molar refractivity (Wildman–Crippen MR) is 72.1 cm³/mol. The SMILES string of the molecule is CCC(SCc1cccc(OC)c1)N(C)C. The third-order valence-corrected chi connectivity index (χ3v) is 4.14. The summed E-state index contributed by atoms with van der Waals surface area (Å²) in [6.07, 6.45) is 1.17. The molecule has 1 aromatic carbocycles. The molecule has 90 valence electrons. The van der Waals surface area contributed by atoms with Gasteiger partial charge in [-0.2, -0.15) is 0 Å². The van der Waals surface area contributed by atoms with Crippen LogP contribution in [0.4, 0.5) is 0 Å². The van der Waals surface area contributed by atoms with Gasteiger partial charge in [-0.05, 0) is 38.2 Å². The van der Waals surface area contributed by atoms with Crippen molar-refractivity contribution in [2.75, 3.05) is 21.2 Å². The first-order valence-corrected chi connectivity index (χ1v) is 6.63. The Morgan fingerprint density at radius 1 is 1.38 bits per heavy atom. The van der Waals surface area contributed by atoms with Crippen LogP contribution in [0.5, 0.6) is 5.75 Å². The van der Waals surface area contributed by atoms with E-state index in [0.29, 0.717) is 5.37 Å². The van der Waals surface area contributed by atoms with Gasteiger partial charge in [-0.25, -0.2) is 0 Å². The van der Waals surface area contributed by atoms with E-state index < -0.39 is 0 Å². The second kappa shape index (κ2) is 6.81. The molecule has 0 aliphatic carbocycles. The number of rotatable bonds is 6. The van der Waals surface area contributed by atoms with Gasteiger partial charge in [0.2, 0.25) is 0 Å². The molecule has 0 heterocycles. The molecule has 0 saturated carbocycles. The normalized spacial score (nSPS) is 12.8. The Hall–Kier alpha value is -0.670. The first-order chi connectivity index (χ1) is 7.67. The Morgan fingerprint density at radius 2 is 2.12 bits per heavy atom. The summed E-state index contributed by atoms with van der Waals surface area (Å²) < 4.78 is 5.22. The van der Waals surface area contributed by atoms with Gasteiger partial charge in [-0.3, -0.25) is 4.90 Å². The zero-order chi connectivity index (χ0) is 12.0. The van der Waals surface area contributed by atoms with Crippen molar-refractivity contribution >= 4 is 11.8 Å². The van der Waals surface area contributed by atoms with Crippen LogP contribution in [0, 0.1) is 0 Å². The highest BCUT2D eigenvalue weighted by atomic mass is 32.2. The van der Waals surface area contributed by atoms with Crippen molar-refractivity contribution in [3.05, 3.63) is 29.8 Å². The van der Waals surface area contributed by atoms with Crippen molar-refractivity contribution in [2.45, 2.75) is 24.5 Å². The quantitative estimate of drug-likeness (QED) is 0.707. The van der Waals surface area contributed by atoms with Gasteiger partial charge in [0.15, 0.2) is 0 Å². The van der Waals surface area contributed by atoms with Crippen LogP contribution in [0.2, 0.25) is 0 Å². The number of nitrogens with zero attached hydrogens (tertiary/aromatic N) is 1. The maximum atomic E-state index is 5.22. The summed E-state index contributed by atoms with van der Waals surface area (Å²) >= 11 is 1.97. The topological polar surface area (TPSA) is 12.5 Å². The molecule has 0 aliphatic heterocycles. The Balaban J connectivity index is 2.53. The molecule has 0 saturated heterocycles. The zero-order valence-corrected chi connectivity index (χ0v) is 11.4. The van der Waals surface area contributed by atoms with E-state index in [1.165, 1.54) is 12.0 Å². The highest BCUT2D eigenvalue weighted by molar-refractivity contribution is 7.99. The molecule has 0 aromatic heterocycles. The average molecular weight is 239 g/mol. The van der Waals surface area contributed by atoms with Crippen LogP contribution in [0.3, 0.4) is 0 Å². The van der Waals surface area contributed by atoms with E-state index >= 15 is 0 Å². The second-order valence-corrected chi connectivity index (χ2v) is 5.16. The first-order valence-electron chi connectivity index (χ1n) is 5.58. The van der Waals surface area contributed by atoms with Crippen LogP contribution in [-0.2, 0) is 5.75 Å². The predicted octanol–water partition coefficient (Wildman–Crippen LogP) is 3.23. The number of methoxy groups -OCH3 is 1. The molecule has 1 aromatic rings. The number of thioether (sulfide) groups is 1. The summed E-state index contributed by atoms with van der Waals surface area (Å²) in [7, 11) is 5.97. The van der Waals surface area contributed by atoms with Crippen molar-refractivity contribution in [3.8, 4) is 5.75 Å². The van der Waals surface area contributed by atoms with Crippen molar-refractivity contribution in [1.29, 1.82) is 0 Å². The van der Waals surface area contributed by atoms with Gasteiger partial charge in [-0.15, -0.1) is 11.8 Å². The Labute approximate surface area is 103 Å². The van der Waals surface area contributed by atoms with Crippen molar-refractivity contribution in [2.24, 2.45) is 0 Å². The molecule has 1 rings (SSSR count). The Kier molecular flexibility index (Phi) is 5.71. The molecule has 0 bridgehead atoms. The van der Waals surface area contributed by atoms with E-state index in [-0.39, 0.29) is 0 Å². The average Bonchev–Trinajstić information content (AvgIpc) is 2.29. The molecule has 16 heavy (non-hydrogen) atoms. The maximum Gasteiger partial charge on any atom is 0.119 e. The Bertz CT molecular complexity index is 315. The van der Waals surface area contributed by atoms with E-state index in [9.17, 15) is 0 Å². The minimum absolute atomic E-state index is 0.589. The van der Waals surface area contributed by atoms with Crippen molar-refractivity contribution in [1.82, 2.24) is 4.90 Å². The highest BCUT2D eigenvalue weighted by Crippen LogP contribution is 2.23. The van der Waals surface area contributed by atoms with E-state index in [2.05, 4.69) is 38.1 Å². The van der Waals surface area contributed by atoms with Gasteiger partial charge in [0.25, 0.3) is 0 Å². The molecule has 0 radical (unpaired) electrons. The number of ether oxygens (including phenoxy) is 1. The van der Waals surface area contributed by atoms with Crippen LogP contribution in [-0.4, -0.2) is 31.5 Å².